The van der Waals surface area contributed by atoms with E-state index in [-0.39, 0.29) is 16.5 Å². The number of nitro groups is 1. The Kier molecular flexibility index (Phi) is 6.42. The SMILES string of the molecule is CC(C)C[C@H](N)C(=O)N1CCN(c2ccc(S(C)(=O)=O)cc2[N+](=O)[O-])CC1. The summed E-state index contributed by atoms with van der Waals surface area (Å²) < 4.78 is 23.3. The van der Waals surface area contributed by atoms with Gasteiger partial charge in [0.2, 0.25) is 5.91 Å². The van der Waals surface area contributed by atoms with Gasteiger partial charge in [-0.15, -0.1) is 0 Å². The molecule has 1 atom stereocenters. The van der Waals surface area contributed by atoms with Crippen LogP contribution in [-0.2, 0) is 14.6 Å². The highest BCUT2D eigenvalue weighted by Crippen LogP contribution is 2.31. The number of piperazine rings is 1. The van der Waals surface area contributed by atoms with Crippen LogP contribution in [0.4, 0.5) is 11.4 Å². The summed E-state index contributed by atoms with van der Waals surface area (Å²) in [7, 11) is -3.54. The molecule has 1 aliphatic rings. The molecule has 1 saturated heterocycles. The largest absolute Gasteiger partial charge is 0.362 e. The molecule has 1 aromatic carbocycles. The van der Waals surface area contributed by atoms with Crippen LogP contribution < -0.4 is 10.6 Å². The number of carbonyl (C=O) groups is 1. The van der Waals surface area contributed by atoms with E-state index in [1.165, 1.54) is 12.1 Å². The van der Waals surface area contributed by atoms with Gasteiger partial charge in [0, 0.05) is 38.5 Å². The van der Waals surface area contributed by atoms with Gasteiger partial charge in [0.15, 0.2) is 9.84 Å². The predicted octanol–water partition coefficient (Wildman–Crippen LogP) is 1.02. The highest BCUT2D eigenvalue weighted by Gasteiger charge is 2.29. The second-order valence-electron chi connectivity index (χ2n) is 7.23. The topological polar surface area (TPSA) is 127 Å². The second-order valence-corrected chi connectivity index (χ2v) is 9.24. The average molecular weight is 398 g/mol. The monoisotopic (exact) mass is 398 g/mol. The Balaban J connectivity index is 2.14. The number of hydrogen-bond donors (Lipinski definition) is 1. The molecule has 0 spiro atoms. The molecule has 1 heterocycles. The third-order valence-corrected chi connectivity index (χ3v) is 5.66. The fraction of sp³-hybridized carbons (Fsp3) is 0.588. The van der Waals surface area contributed by atoms with Crippen molar-refractivity contribution in [1.29, 1.82) is 0 Å². The van der Waals surface area contributed by atoms with Crippen molar-refractivity contribution in [2.45, 2.75) is 31.2 Å². The molecular weight excluding hydrogens is 372 g/mol. The molecule has 0 saturated carbocycles. The van der Waals surface area contributed by atoms with E-state index in [1.807, 2.05) is 13.8 Å². The van der Waals surface area contributed by atoms with Gasteiger partial charge < -0.3 is 15.5 Å². The number of carbonyl (C=O) groups excluding carboxylic acids is 1. The van der Waals surface area contributed by atoms with Crippen LogP contribution in [0.15, 0.2) is 23.1 Å². The van der Waals surface area contributed by atoms with Crippen molar-refractivity contribution in [2.24, 2.45) is 11.7 Å². The van der Waals surface area contributed by atoms with Crippen LogP contribution in [-0.4, -0.2) is 62.6 Å². The zero-order valence-electron chi connectivity index (χ0n) is 15.8. The van der Waals surface area contributed by atoms with Gasteiger partial charge in [0.05, 0.1) is 15.9 Å². The van der Waals surface area contributed by atoms with Crippen molar-refractivity contribution in [3.05, 3.63) is 28.3 Å². The highest BCUT2D eigenvalue weighted by atomic mass is 32.2. The first-order valence-corrected chi connectivity index (χ1v) is 10.7. The Morgan fingerprint density at radius 3 is 2.33 bits per heavy atom. The third kappa shape index (κ3) is 5.16. The Bertz CT molecular complexity index is 817. The minimum atomic E-state index is -3.54. The maximum absolute atomic E-state index is 12.4. The quantitative estimate of drug-likeness (QED) is 0.560. The molecule has 0 aromatic heterocycles. The Morgan fingerprint density at radius 2 is 1.85 bits per heavy atom. The fourth-order valence-corrected chi connectivity index (χ4v) is 3.80. The lowest BCUT2D eigenvalue weighted by atomic mass is 10.0. The maximum atomic E-state index is 12.4. The van der Waals surface area contributed by atoms with Crippen molar-refractivity contribution in [3.8, 4) is 0 Å². The number of nitro benzene ring substituents is 1. The molecule has 1 fully saturated rings. The first-order chi connectivity index (χ1) is 12.5. The second kappa shape index (κ2) is 8.22. The first kappa shape index (κ1) is 21.1. The average Bonchev–Trinajstić information content (AvgIpc) is 2.59. The molecule has 1 aliphatic heterocycles. The van der Waals surface area contributed by atoms with Crippen LogP contribution in [0.5, 0.6) is 0 Å². The van der Waals surface area contributed by atoms with Crippen molar-refractivity contribution in [1.82, 2.24) is 4.90 Å². The molecule has 1 aromatic rings. The van der Waals surface area contributed by atoms with E-state index >= 15 is 0 Å². The Hall–Kier alpha value is -2.20. The van der Waals surface area contributed by atoms with E-state index in [1.54, 1.807) is 9.80 Å². The van der Waals surface area contributed by atoms with Crippen LogP contribution >= 0.6 is 0 Å². The summed E-state index contributed by atoms with van der Waals surface area (Å²) in [5.74, 6) is 0.214. The molecule has 9 nitrogen and oxygen atoms in total. The van der Waals surface area contributed by atoms with Crippen molar-refractivity contribution in [2.75, 3.05) is 37.3 Å². The smallest absolute Gasteiger partial charge is 0.293 e. The van der Waals surface area contributed by atoms with Gasteiger partial charge >= 0.3 is 0 Å². The fourth-order valence-electron chi connectivity index (χ4n) is 3.16. The standard InChI is InChI=1S/C17H26N4O5S/c1-12(2)10-14(18)17(22)20-8-6-19(7-9-20)15-5-4-13(27(3,25)26)11-16(15)21(23)24/h4-5,11-12,14H,6-10,18H2,1-3H3/t14-/m0/s1. The zero-order chi connectivity index (χ0) is 20.4. The lowest BCUT2D eigenvalue weighted by Crippen LogP contribution is -2.53. The normalized spacial score (nSPS) is 16.5. The number of sulfone groups is 1. The summed E-state index contributed by atoms with van der Waals surface area (Å²) in [6.07, 6.45) is 1.62. The molecule has 27 heavy (non-hydrogen) atoms. The molecule has 150 valence electrons. The molecular formula is C17H26N4O5S. The minimum absolute atomic E-state index is 0.0913. The van der Waals surface area contributed by atoms with Crippen LogP contribution in [0.2, 0.25) is 0 Å². The summed E-state index contributed by atoms with van der Waals surface area (Å²) >= 11 is 0. The van der Waals surface area contributed by atoms with E-state index < -0.39 is 20.8 Å². The zero-order valence-corrected chi connectivity index (χ0v) is 16.6. The summed E-state index contributed by atoms with van der Waals surface area (Å²) in [5.41, 5.74) is 6.06. The Morgan fingerprint density at radius 1 is 1.26 bits per heavy atom. The molecule has 10 heteroatoms. The van der Waals surface area contributed by atoms with Crippen molar-refractivity contribution in [3.63, 3.8) is 0 Å². The number of hydrogen-bond acceptors (Lipinski definition) is 7. The van der Waals surface area contributed by atoms with Gasteiger partial charge in [-0.2, -0.15) is 0 Å². The summed E-state index contributed by atoms with van der Waals surface area (Å²) in [5, 5.41) is 11.4. The lowest BCUT2D eigenvalue weighted by Gasteiger charge is -2.37. The number of rotatable bonds is 6. The van der Waals surface area contributed by atoms with Gasteiger partial charge in [0.1, 0.15) is 5.69 Å². The van der Waals surface area contributed by atoms with Gasteiger partial charge in [-0.25, -0.2) is 8.42 Å². The third-order valence-electron chi connectivity index (χ3n) is 4.55. The molecule has 1 amide bonds. The number of nitrogens with two attached hydrogens (primary N) is 1. The maximum Gasteiger partial charge on any atom is 0.293 e. The summed E-state index contributed by atoms with van der Waals surface area (Å²) in [6.45, 7) is 5.67. The van der Waals surface area contributed by atoms with Crippen molar-refractivity contribution < 1.29 is 18.1 Å². The number of anilines is 1. The predicted molar refractivity (Wildman–Crippen MR) is 102 cm³/mol. The number of amides is 1. The number of benzene rings is 1. The van der Waals surface area contributed by atoms with E-state index in [0.717, 1.165) is 12.3 Å². The van der Waals surface area contributed by atoms with E-state index in [9.17, 15) is 23.3 Å². The molecule has 0 radical (unpaired) electrons. The van der Waals surface area contributed by atoms with Gasteiger partial charge in [-0.3, -0.25) is 14.9 Å². The summed E-state index contributed by atoms with van der Waals surface area (Å²) in [4.78, 5) is 26.6. The number of nitrogens with zero attached hydrogens (tertiary/aromatic N) is 3. The van der Waals surface area contributed by atoms with Crippen LogP contribution in [0.3, 0.4) is 0 Å². The van der Waals surface area contributed by atoms with Crippen molar-refractivity contribution >= 4 is 27.1 Å². The molecule has 0 unspecified atom stereocenters. The molecule has 0 bridgehead atoms. The van der Waals surface area contributed by atoms with Crippen LogP contribution in [0.25, 0.3) is 0 Å². The molecule has 0 aliphatic carbocycles. The van der Waals surface area contributed by atoms with Gasteiger partial charge in [-0.1, -0.05) is 13.8 Å². The minimum Gasteiger partial charge on any atom is -0.362 e. The first-order valence-electron chi connectivity index (χ1n) is 8.78. The highest BCUT2D eigenvalue weighted by molar-refractivity contribution is 7.90. The summed E-state index contributed by atoms with van der Waals surface area (Å²) in [6, 6.07) is 3.37. The Labute approximate surface area is 159 Å². The van der Waals surface area contributed by atoms with E-state index in [0.29, 0.717) is 44.2 Å². The van der Waals surface area contributed by atoms with Crippen LogP contribution in [0, 0.1) is 16.0 Å². The molecule has 2 rings (SSSR count). The van der Waals surface area contributed by atoms with Gasteiger partial charge in [0.25, 0.3) is 5.69 Å². The van der Waals surface area contributed by atoms with Gasteiger partial charge in [-0.05, 0) is 24.5 Å². The van der Waals surface area contributed by atoms with Crippen LogP contribution in [0.1, 0.15) is 20.3 Å². The van der Waals surface area contributed by atoms with E-state index in [2.05, 4.69) is 0 Å². The molecule has 2 N–H and O–H groups in total. The lowest BCUT2D eigenvalue weighted by molar-refractivity contribution is -0.384. The van der Waals surface area contributed by atoms with E-state index in [4.69, 9.17) is 5.73 Å².